The van der Waals surface area contributed by atoms with Crippen LogP contribution in [0.15, 0.2) is 0 Å². The third-order valence-electron chi connectivity index (χ3n) is 6.81. The minimum Gasteiger partial charge on any atom is -0.465 e. The van der Waals surface area contributed by atoms with Gasteiger partial charge in [0.05, 0.1) is 30.7 Å². The van der Waals surface area contributed by atoms with E-state index in [9.17, 15) is 9.59 Å². The lowest BCUT2D eigenvalue weighted by molar-refractivity contribution is -0.304. The van der Waals surface area contributed by atoms with Crippen LogP contribution in [-0.4, -0.2) is 36.9 Å². The number of epoxide rings is 1. The second-order valence-electron chi connectivity index (χ2n) is 9.30. The van der Waals surface area contributed by atoms with E-state index in [4.69, 9.17) is 19.2 Å². The molecule has 0 amide bonds. The highest BCUT2D eigenvalue weighted by atomic mass is 17.2. The van der Waals surface area contributed by atoms with Gasteiger partial charge in [-0.1, -0.05) is 71.1 Å². The average molecular weight is 425 g/mol. The SMILES string of the molecule is CCCCCCC1CCCCCCCCCOC(=O)C2CC3OC3CC2C(=O)OO1. The normalized spacial score (nSPS) is 34.1. The molecule has 172 valence electrons. The van der Waals surface area contributed by atoms with Crippen LogP contribution in [-0.2, 0) is 28.8 Å². The number of carbonyl (C=O) groups excluding carboxylic acids is 2. The van der Waals surface area contributed by atoms with E-state index in [1.54, 1.807) is 0 Å². The first-order valence-corrected chi connectivity index (χ1v) is 12.4. The maximum atomic E-state index is 12.8. The minimum absolute atomic E-state index is 0.0552. The Balaban J connectivity index is 1.58. The Morgan fingerprint density at radius 1 is 0.800 bits per heavy atom. The molecular weight excluding hydrogens is 384 g/mol. The Bertz CT molecular complexity index is 536. The summed E-state index contributed by atoms with van der Waals surface area (Å²) >= 11 is 0. The summed E-state index contributed by atoms with van der Waals surface area (Å²) in [6, 6.07) is 0. The van der Waals surface area contributed by atoms with Gasteiger partial charge in [0.2, 0.25) is 0 Å². The van der Waals surface area contributed by atoms with Crippen LogP contribution in [0.2, 0.25) is 0 Å². The summed E-state index contributed by atoms with van der Waals surface area (Å²) in [5.41, 5.74) is 0. The predicted molar refractivity (Wildman–Crippen MR) is 112 cm³/mol. The molecule has 0 N–H and O–H groups in total. The van der Waals surface area contributed by atoms with Gasteiger partial charge in [-0.05, 0) is 32.1 Å². The number of fused-ring (bicyclic) bond motifs is 2. The first-order chi connectivity index (χ1) is 14.7. The number of hydrogen-bond acceptors (Lipinski definition) is 6. The van der Waals surface area contributed by atoms with Crippen molar-refractivity contribution in [3.63, 3.8) is 0 Å². The maximum Gasteiger partial charge on any atom is 0.346 e. The van der Waals surface area contributed by atoms with Crippen LogP contribution in [0.4, 0.5) is 0 Å². The molecule has 3 fully saturated rings. The van der Waals surface area contributed by atoms with Gasteiger partial charge in [0.25, 0.3) is 0 Å². The third-order valence-corrected chi connectivity index (χ3v) is 6.81. The van der Waals surface area contributed by atoms with E-state index in [1.807, 2.05) is 0 Å². The van der Waals surface area contributed by atoms with Crippen molar-refractivity contribution in [3.8, 4) is 0 Å². The van der Waals surface area contributed by atoms with Crippen molar-refractivity contribution in [1.82, 2.24) is 0 Å². The molecule has 30 heavy (non-hydrogen) atoms. The van der Waals surface area contributed by atoms with E-state index in [0.29, 0.717) is 19.4 Å². The van der Waals surface area contributed by atoms with Crippen molar-refractivity contribution >= 4 is 11.9 Å². The van der Waals surface area contributed by atoms with Crippen LogP contribution in [0.3, 0.4) is 0 Å². The molecule has 1 aliphatic carbocycles. The summed E-state index contributed by atoms with van der Waals surface area (Å²) in [6.07, 6.45) is 15.6. The van der Waals surface area contributed by atoms with Gasteiger partial charge < -0.3 is 9.47 Å². The monoisotopic (exact) mass is 424 g/mol. The number of rotatable bonds is 5. The highest BCUT2D eigenvalue weighted by Gasteiger charge is 2.54. The van der Waals surface area contributed by atoms with Crippen molar-refractivity contribution in [2.75, 3.05) is 6.61 Å². The summed E-state index contributed by atoms with van der Waals surface area (Å²) in [6.45, 7) is 2.63. The van der Waals surface area contributed by atoms with Crippen molar-refractivity contribution in [2.24, 2.45) is 11.8 Å². The number of esters is 1. The number of cyclic esters (lactones) is 1. The molecule has 5 unspecified atom stereocenters. The standard InChI is InChI=1S/C24H40O6/c1-2-3-4-10-13-18-14-11-8-6-5-7-9-12-15-27-23(25)19-16-21-22(28-21)17-20(19)24(26)30-29-18/h18-22H,2-17H2,1H3. The molecule has 6 heteroatoms. The molecule has 2 heterocycles. The Morgan fingerprint density at radius 2 is 1.47 bits per heavy atom. The van der Waals surface area contributed by atoms with Crippen LogP contribution in [0.1, 0.15) is 103 Å². The molecule has 6 nitrogen and oxygen atoms in total. The van der Waals surface area contributed by atoms with E-state index in [0.717, 1.165) is 38.5 Å². The highest BCUT2D eigenvalue weighted by Crippen LogP contribution is 2.44. The van der Waals surface area contributed by atoms with Crippen LogP contribution in [0, 0.1) is 11.8 Å². The molecule has 3 rings (SSSR count). The molecule has 0 aromatic carbocycles. The highest BCUT2D eigenvalue weighted by molar-refractivity contribution is 5.82. The van der Waals surface area contributed by atoms with Gasteiger partial charge in [-0.15, -0.1) is 0 Å². The average Bonchev–Trinajstić information content (AvgIpc) is 3.52. The van der Waals surface area contributed by atoms with E-state index in [2.05, 4.69) is 6.92 Å². The van der Waals surface area contributed by atoms with Gasteiger partial charge in [-0.3, -0.25) is 9.68 Å². The second-order valence-corrected chi connectivity index (χ2v) is 9.30. The summed E-state index contributed by atoms with van der Waals surface area (Å²) in [5.74, 6) is -1.73. The lowest BCUT2D eigenvalue weighted by Gasteiger charge is -2.26. The van der Waals surface area contributed by atoms with Crippen LogP contribution in [0.25, 0.3) is 0 Å². The first-order valence-electron chi connectivity index (χ1n) is 12.4. The van der Waals surface area contributed by atoms with Crippen LogP contribution in [0.5, 0.6) is 0 Å². The Labute approximate surface area is 181 Å². The molecule has 0 aromatic rings. The van der Waals surface area contributed by atoms with E-state index in [1.165, 1.54) is 44.9 Å². The van der Waals surface area contributed by atoms with Gasteiger partial charge in [-0.2, -0.15) is 4.89 Å². The number of unbranched alkanes of at least 4 members (excludes halogenated alkanes) is 3. The minimum atomic E-state index is -0.530. The van der Waals surface area contributed by atoms with Gasteiger partial charge in [0.1, 0.15) is 6.10 Å². The van der Waals surface area contributed by atoms with Crippen molar-refractivity contribution in [3.05, 3.63) is 0 Å². The Morgan fingerprint density at radius 3 is 2.20 bits per heavy atom. The molecule has 0 aromatic heterocycles. The molecule has 2 aliphatic heterocycles. The van der Waals surface area contributed by atoms with Crippen molar-refractivity contribution in [1.29, 1.82) is 0 Å². The van der Waals surface area contributed by atoms with Crippen LogP contribution < -0.4 is 0 Å². The summed E-state index contributed by atoms with van der Waals surface area (Å²) in [4.78, 5) is 36.4. The molecule has 3 aliphatic rings. The van der Waals surface area contributed by atoms with Gasteiger partial charge in [0, 0.05) is 0 Å². The molecule has 0 bridgehead atoms. The largest absolute Gasteiger partial charge is 0.465 e. The van der Waals surface area contributed by atoms with E-state index in [-0.39, 0.29) is 24.3 Å². The summed E-state index contributed by atoms with van der Waals surface area (Å²) < 4.78 is 11.1. The molecule has 1 saturated carbocycles. The van der Waals surface area contributed by atoms with Gasteiger partial charge in [0.15, 0.2) is 0 Å². The summed E-state index contributed by atoms with van der Waals surface area (Å²) in [5, 5.41) is 0. The lowest BCUT2D eigenvalue weighted by Crippen LogP contribution is -2.38. The van der Waals surface area contributed by atoms with E-state index < -0.39 is 17.8 Å². The third kappa shape index (κ3) is 7.52. The zero-order chi connectivity index (χ0) is 21.2. The molecule has 0 spiro atoms. The Hall–Kier alpha value is -1.14. The fourth-order valence-corrected chi connectivity index (χ4v) is 4.80. The summed E-state index contributed by atoms with van der Waals surface area (Å²) in [7, 11) is 0. The fourth-order valence-electron chi connectivity index (χ4n) is 4.80. The first kappa shape index (κ1) is 23.5. The fraction of sp³-hybridized carbons (Fsp3) is 0.917. The number of hydrogen-bond donors (Lipinski definition) is 0. The second kappa shape index (κ2) is 12.7. The zero-order valence-electron chi connectivity index (χ0n) is 18.6. The smallest absolute Gasteiger partial charge is 0.346 e. The van der Waals surface area contributed by atoms with Crippen molar-refractivity contribution in [2.45, 2.75) is 122 Å². The van der Waals surface area contributed by atoms with Gasteiger partial charge in [-0.25, -0.2) is 4.79 Å². The molecule has 0 radical (unpaired) electrons. The Kier molecular flexibility index (Phi) is 9.92. The lowest BCUT2D eigenvalue weighted by atomic mass is 9.79. The van der Waals surface area contributed by atoms with Gasteiger partial charge >= 0.3 is 11.9 Å². The van der Waals surface area contributed by atoms with E-state index >= 15 is 0 Å². The van der Waals surface area contributed by atoms with Crippen LogP contribution >= 0.6 is 0 Å². The molecule has 5 atom stereocenters. The predicted octanol–water partition coefficient (Wildman–Crippen LogP) is 5.27. The number of carbonyl (C=O) groups is 2. The number of ether oxygens (including phenoxy) is 2. The maximum absolute atomic E-state index is 12.8. The quantitative estimate of drug-likeness (QED) is 0.259. The molecule has 2 saturated heterocycles. The van der Waals surface area contributed by atoms with Crippen molar-refractivity contribution < 1.29 is 28.8 Å². The zero-order valence-corrected chi connectivity index (χ0v) is 18.6. The molecular formula is C24H40O6. The topological polar surface area (TPSA) is 74.4 Å².